The second-order valence-electron chi connectivity index (χ2n) is 9.01. The molecule has 1 aliphatic heterocycles. The Morgan fingerprint density at radius 3 is 2.26 bits per heavy atom. The van der Waals surface area contributed by atoms with Crippen LogP contribution in [0, 0.1) is 11.8 Å². The maximum atomic E-state index is 12.9. The Balaban J connectivity index is 1.31. The molecule has 0 radical (unpaired) electrons. The number of fused-ring (bicyclic) bond motifs is 3. The molecule has 1 fully saturated rings. The number of nitrogens with zero attached hydrogens (tertiary/aromatic N) is 1. The molecule has 0 saturated carbocycles. The predicted molar refractivity (Wildman–Crippen MR) is 125 cm³/mol. The Bertz CT molecular complexity index is 1030. The van der Waals surface area contributed by atoms with Gasteiger partial charge >= 0.3 is 12.1 Å². The summed E-state index contributed by atoms with van der Waals surface area (Å²) in [7, 11) is 1.41. The summed E-state index contributed by atoms with van der Waals surface area (Å²) in [4.78, 5) is 38.0. The van der Waals surface area contributed by atoms with Crippen LogP contribution in [0.2, 0.25) is 0 Å². The van der Waals surface area contributed by atoms with Gasteiger partial charge in [0.25, 0.3) is 5.91 Å². The second kappa shape index (κ2) is 10.3. The van der Waals surface area contributed by atoms with E-state index in [9.17, 15) is 14.4 Å². The van der Waals surface area contributed by atoms with Crippen molar-refractivity contribution < 1.29 is 29.0 Å². The Morgan fingerprint density at radius 1 is 1.06 bits per heavy atom. The van der Waals surface area contributed by atoms with Crippen molar-refractivity contribution in [1.29, 1.82) is 0 Å². The summed E-state index contributed by atoms with van der Waals surface area (Å²) in [6, 6.07) is 16.2. The molecule has 1 unspecified atom stereocenters. The number of likely N-dealkylation sites (tertiary alicyclic amines) is 1. The van der Waals surface area contributed by atoms with Crippen molar-refractivity contribution >= 4 is 18.0 Å². The van der Waals surface area contributed by atoms with Crippen LogP contribution < -0.4 is 5.32 Å². The van der Waals surface area contributed by atoms with E-state index in [1.807, 2.05) is 31.2 Å². The van der Waals surface area contributed by atoms with Gasteiger partial charge in [-0.1, -0.05) is 55.5 Å². The summed E-state index contributed by atoms with van der Waals surface area (Å²) >= 11 is 0. The van der Waals surface area contributed by atoms with Crippen LogP contribution in [0.25, 0.3) is 11.1 Å². The Kier molecular flexibility index (Phi) is 7.17. The number of carboxylic acid groups (broad SMARTS) is 1. The average molecular weight is 467 g/mol. The Morgan fingerprint density at radius 2 is 1.68 bits per heavy atom. The van der Waals surface area contributed by atoms with Crippen LogP contribution in [0.5, 0.6) is 0 Å². The van der Waals surface area contributed by atoms with Crippen molar-refractivity contribution in [3.63, 3.8) is 0 Å². The SMILES string of the molecule is COC(CNC(=O)OCC1c2ccccc2-c2ccccc21)C(=O)N1C[C@@H](CC(=O)O)[C@H](C)C1. The van der Waals surface area contributed by atoms with E-state index in [0.717, 1.165) is 22.3 Å². The van der Waals surface area contributed by atoms with E-state index in [1.165, 1.54) is 7.11 Å². The first kappa shape index (κ1) is 23.8. The number of aliphatic carboxylic acids is 1. The van der Waals surface area contributed by atoms with Gasteiger partial charge in [0.2, 0.25) is 0 Å². The molecule has 0 bridgehead atoms. The van der Waals surface area contributed by atoms with Crippen LogP contribution in [0.3, 0.4) is 0 Å². The molecule has 2 N–H and O–H groups in total. The largest absolute Gasteiger partial charge is 0.481 e. The molecule has 1 heterocycles. The van der Waals surface area contributed by atoms with Gasteiger partial charge in [-0.25, -0.2) is 4.79 Å². The van der Waals surface area contributed by atoms with Gasteiger partial charge in [-0.05, 0) is 34.1 Å². The number of methoxy groups -OCH3 is 1. The molecule has 2 amide bonds. The van der Waals surface area contributed by atoms with Gasteiger partial charge in [-0.3, -0.25) is 9.59 Å². The van der Waals surface area contributed by atoms with Crippen LogP contribution in [0.15, 0.2) is 48.5 Å². The van der Waals surface area contributed by atoms with Crippen molar-refractivity contribution in [3.8, 4) is 11.1 Å². The van der Waals surface area contributed by atoms with Crippen molar-refractivity contribution in [2.24, 2.45) is 11.8 Å². The standard InChI is InChI=1S/C26H30N2O6/c1-16-13-28(14-17(16)11-24(29)30)25(31)23(33-2)12-27-26(32)34-15-22-20-9-5-3-7-18(20)19-8-4-6-10-21(19)22/h3-10,16-17,22-23H,11-15H2,1-2H3,(H,27,32)(H,29,30)/t16-,17-,23?/m1/s1. The summed E-state index contributed by atoms with van der Waals surface area (Å²) in [6.07, 6.45) is -1.45. The molecule has 8 nitrogen and oxygen atoms in total. The number of alkyl carbamates (subject to hydrolysis) is 1. The lowest BCUT2D eigenvalue weighted by atomic mass is 9.95. The molecular weight excluding hydrogens is 436 g/mol. The van der Waals surface area contributed by atoms with Crippen LogP contribution in [0.4, 0.5) is 4.79 Å². The summed E-state index contributed by atoms with van der Waals surface area (Å²) in [6.45, 7) is 2.95. The number of rotatable bonds is 8. The van der Waals surface area contributed by atoms with Gasteiger partial charge in [-0.15, -0.1) is 0 Å². The zero-order chi connectivity index (χ0) is 24.2. The predicted octanol–water partition coefficient (Wildman–Crippen LogP) is 3.11. The molecule has 1 saturated heterocycles. The lowest BCUT2D eigenvalue weighted by Crippen LogP contribution is -2.45. The summed E-state index contributed by atoms with van der Waals surface area (Å²) < 4.78 is 10.8. The first-order valence-electron chi connectivity index (χ1n) is 11.5. The first-order chi connectivity index (χ1) is 16.4. The summed E-state index contributed by atoms with van der Waals surface area (Å²) in [5.74, 6) is -1.18. The van der Waals surface area contributed by atoms with Gasteiger partial charge in [0.15, 0.2) is 6.10 Å². The average Bonchev–Trinajstić information content (AvgIpc) is 3.35. The van der Waals surface area contributed by atoms with Crippen molar-refractivity contribution in [2.45, 2.75) is 25.4 Å². The van der Waals surface area contributed by atoms with E-state index in [-0.39, 0.29) is 43.2 Å². The number of hydrogen-bond donors (Lipinski definition) is 2. The van der Waals surface area contributed by atoms with Crippen molar-refractivity contribution in [1.82, 2.24) is 10.2 Å². The number of carboxylic acids is 1. The number of hydrogen-bond acceptors (Lipinski definition) is 5. The molecule has 8 heteroatoms. The van der Waals surface area contributed by atoms with Crippen LogP contribution >= 0.6 is 0 Å². The number of carbonyl (C=O) groups is 3. The molecule has 4 rings (SSSR count). The van der Waals surface area contributed by atoms with E-state index in [2.05, 4.69) is 29.6 Å². The number of ether oxygens (including phenoxy) is 2. The molecule has 0 aromatic heterocycles. The van der Waals surface area contributed by atoms with Gasteiger partial charge in [0.05, 0.1) is 13.0 Å². The molecule has 0 spiro atoms. The maximum Gasteiger partial charge on any atom is 0.407 e. The lowest BCUT2D eigenvalue weighted by molar-refractivity contribution is -0.142. The number of nitrogens with one attached hydrogen (secondary N) is 1. The zero-order valence-corrected chi connectivity index (χ0v) is 19.4. The van der Waals surface area contributed by atoms with Crippen LogP contribution in [-0.4, -0.2) is 67.4 Å². The molecule has 180 valence electrons. The van der Waals surface area contributed by atoms with Gasteiger partial charge in [-0.2, -0.15) is 0 Å². The molecule has 34 heavy (non-hydrogen) atoms. The van der Waals surface area contributed by atoms with E-state index < -0.39 is 18.2 Å². The van der Waals surface area contributed by atoms with Gasteiger partial charge in [0, 0.05) is 26.1 Å². The zero-order valence-electron chi connectivity index (χ0n) is 19.4. The normalized spacial score (nSPS) is 19.9. The third kappa shape index (κ3) is 4.92. The minimum atomic E-state index is -0.869. The summed E-state index contributed by atoms with van der Waals surface area (Å²) in [5, 5.41) is 11.7. The third-order valence-corrected chi connectivity index (χ3v) is 6.85. The lowest BCUT2D eigenvalue weighted by Gasteiger charge is -2.23. The molecule has 3 atom stereocenters. The van der Waals surface area contributed by atoms with Crippen molar-refractivity contribution in [3.05, 3.63) is 59.7 Å². The smallest absolute Gasteiger partial charge is 0.407 e. The van der Waals surface area contributed by atoms with E-state index in [1.54, 1.807) is 4.90 Å². The minimum absolute atomic E-state index is 0.0273. The minimum Gasteiger partial charge on any atom is -0.481 e. The highest BCUT2D eigenvalue weighted by molar-refractivity contribution is 5.82. The van der Waals surface area contributed by atoms with Gasteiger partial charge < -0.3 is 24.8 Å². The topological polar surface area (TPSA) is 105 Å². The van der Waals surface area contributed by atoms with E-state index in [4.69, 9.17) is 14.6 Å². The van der Waals surface area contributed by atoms with Crippen LogP contribution in [-0.2, 0) is 19.1 Å². The first-order valence-corrected chi connectivity index (χ1v) is 11.5. The molecular formula is C26H30N2O6. The van der Waals surface area contributed by atoms with Gasteiger partial charge in [0.1, 0.15) is 6.61 Å². The fourth-order valence-corrected chi connectivity index (χ4v) is 5.00. The molecule has 2 aromatic rings. The Labute approximate surface area is 198 Å². The monoisotopic (exact) mass is 466 g/mol. The highest BCUT2D eigenvalue weighted by Gasteiger charge is 2.36. The van der Waals surface area contributed by atoms with Crippen LogP contribution in [0.1, 0.15) is 30.4 Å². The van der Waals surface area contributed by atoms with Crippen molar-refractivity contribution in [2.75, 3.05) is 33.4 Å². The molecule has 1 aliphatic carbocycles. The van der Waals surface area contributed by atoms with E-state index >= 15 is 0 Å². The second-order valence-corrected chi connectivity index (χ2v) is 9.01. The quantitative estimate of drug-likeness (QED) is 0.619. The number of benzene rings is 2. The fraction of sp³-hybridized carbons (Fsp3) is 0.423. The molecule has 2 aromatic carbocycles. The highest BCUT2D eigenvalue weighted by atomic mass is 16.5. The highest BCUT2D eigenvalue weighted by Crippen LogP contribution is 2.44. The maximum absolute atomic E-state index is 12.9. The number of carbonyl (C=O) groups excluding carboxylic acids is 2. The summed E-state index contributed by atoms with van der Waals surface area (Å²) in [5.41, 5.74) is 4.55. The number of amides is 2. The fourth-order valence-electron chi connectivity index (χ4n) is 5.00. The Hall–Kier alpha value is -3.39. The van der Waals surface area contributed by atoms with E-state index in [0.29, 0.717) is 13.1 Å². The third-order valence-electron chi connectivity index (χ3n) is 6.85. The molecule has 2 aliphatic rings.